The van der Waals surface area contributed by atoms with E-state index in [9.17, 15) is 5.11 Å². The number of ether oxygens (including phenoxy) is 2. The molecule has 94 valence electrons. The van der Waals surface area contributed by atoms with Crippen molar-refractivity contribution in [2.24, 2.45) is 0 Å². The SMILES string of the molecule is COc1ncnc(N2CCOCC2CO)c1N. The van der Waals surface area contributed by atoms with Crippen molar-refractivity contribution >= 4 is 11.5 Å². The van der Waals surface area contributed by atoms with Gasteiger partial charge in [-0.25, -0.2) is 4.98 Å². The van der Waals surface area contributed by atoms with E-state index in [2.05, 4.69) is 9.97 Å². The van der Waals surface area contributed by atoms with Gasteiger partial charge in [0.2, 0.25) is 5.88 Å². The number of methoxy groups -OCH3 is 1. The van der Waals surface area contributed by atoms with Gasteiger partial charge in [-0.1, -0.05) is 0 Å². The molecule has 7 heteroatoms. The fourth-order valence-electron chi connectivity index (χ4n) is 1.85. The van der Waals surface area contributed by atoms with Crippen LogP contribution in [0.5, 0.6) is 5.88 Å². The Morgan fingerprint density at radius 1 is 1.65 bits per heavy atom. The van der Waals surface area contributed by atoms with Crippen LogP contribution >= 0.6 is 0 Å². The quantitative estimate of drug-likeness (QED) is 0.719. The molecular formula is C10H16N4O3. The smallest absolute Gasteiger partial charge is 0.242 e. The van der Waals surface area contributed by atoms with E-state index in [1.165, 1.54) is 13.4 Å². The number of nitrogens with two attached hydrogens (primary N) is 1. The van der Waals surface area contributed by atoms with Crippen LogP contribution in [-0.2, 0) is 4.74 Å². The maximum Gasteiger partial charge on any atom is 0.242 e. The van der Waals surface area contributed by atoms with Gasteiger partial charge in [-0.15, -0.1) is 0 Å². The highest BCUT2D eigenvalue weighted by molar-refractivity contribution is 5.68. The van der Waals surface area contributed by atoms with Gasteiger partial charge in [-0.3, -0.25) is 0 Å². The molecule has 0 saturated carbocycles. The highest BCUT2D eigenvalue weighted by Gasteiger charge is 2.26. The van der Waals surface area contributed by atoms with Crippen molar-refractivity contribution in [3.8, 4) is 5.88 Å². The van der Waals surface area contributed by atoms with Crippen LogP contribution in [0.25, 0.3) is 0 Å². The predicted octanol–water partition coefficient (Wildman–Crippen LogP) is -0.735. The van der Waals surface area contributed by atoms with E-state index in [-0.39, 0.29) is 12.6 Å². The average molecular weight is 240 g/mol. The van der Waals surface area contributed by atoms with E-state index in [1.54, 1.807) is 0 Å². The van der Waals surface area contributed by atoms with E-state index in [4.69, 9.17) is 15.2 Å². The van der Waals surface area contributed by atoms with Gasteiger partial charge >= 0.3 is 0 Å². The number of aliphatic hydroxyl groups excluding tert-OH is 1. The summed E-state index contributed by atoms with van der Waals surface area (Å²) in [5.41, 5.74) is 6.31. The van der Waals surface area contributed by atoms with Crippen molar-refractivity contribution in [1.29, 1.82) is 0 Å². The summed E-state index contributed by atoms with van der Waals surface area (Å²) in [5.74, 6) is 0.928. The van der Waals surface area contributed by atoms with Gasteiger partial charge in [0.25, 0.3) is 0 Å². The zero-order chi connectivity index (χ0) is 12.3. The van der Waals surface area contributed by atoms with Crippen LogP contribution in [0.2, 0.25) is 0 Å². The molecule has 1 aromatic heterocycles. The Balaban J connectivity index is 2.31. The summed E-state index contributed by atoms with van der Waals surface area (Å²) < 4.78 is 10.4. The van der Waals surface area contributed by atoms with E-state index < -0.39 is 0 Å². The van der Waals surface area contributed by atoms with Crippen molar-refractivity contribution < 1.29 is 14.6 Å². The van der Waals surface area contributed by atoms with Crippen LogP contribution in [0.1, 0.15) is 0 Å². The normalized spacial score (nSPS) is 20.4. The van der Waals surface area contributed by atoms with Gasteiger partial charge in [-0.05, 0) is 0 Å². The Hall–Kier alpha value is -1.60. The summed E-state index contributed by atoms with van der Waals surface area (Å²) in [6.45, 7) is 1.67. The Morgan fingerprint density at radius 2 is 2.47 bits per heavy atom. The lowest BCUT2D eigenvalue weighted by Gasteiger charge is -2.35. The van der Waals surface area contributed by atoms with Crippen molar-refractivity contribution in [1.82, 2.24) is 9.97 Å². The molecule has 0 amide bonds. The molecule has 0 spiro atoms. The first-order valence-corrected chi connectivity index (χ1v) is 5.37. The fraction of sp³-hybridized carbons (Fsp3) is 0.600. The van der Waals surface area contributed by atoms with Crippen LogP contribution in [0.4, 0.5) is 11.5 Å². The summed E-state index contributed by atoms with van der Waals surface area (Å²) in [6.07, 6.45) is 1.40. The average Bonchev–Trinajstić information content (AvgIpc) is 2.39. The Kier molecular flexibility index (Phi) is 3.60. The largest absolute Gasteiger partial charge is 0.479 e. The molecule has 1 fully saturated rings. The monoisotopic (exact) mass is 240 g/mol. The van der Waals surface area contributed by atoms with E-state index in [0.29, 0.717) is 37.1 Å². The summed E-state index contributed by atoms with van der Waals surface area (Å²) in [5, 5.41) is 9.30. The van der Waals surface area contributed by atoms with Crippen LogP contribution in [0.15, 0.2) is 6.33 Å². The van der Waals surface area contributed by atoms with Crippen LogP contribution in [0, 0.1) is 0 Å². The molecule has 7 nitrogen and oxygen atoms in total. The third-order valence-electron chi connectivity index (χ3n) is 2.73. The number of morpholine rings is 1. The molecule has 0 aromatic carbocycles. The van der Waals surface area contributed by atoms with Crippen molar-refractivity contribution in [2.45, 2.75) is 6.04 Å². The number of aliphatic hydroxyl groups is 1. The molecule has 1 aliphatic rings. The standard InChI is InChI=1S/C10H16N4O3/c1-16-10-8(11)9(12-6-13-10)14-2-3-17-5-7(14)4-15/h6-7,15H,2-5,11H2,1H3. The molecule has 1 unspecified atom stereocenters. The second-order valence-corrected chi connectivity index (χ2v) is 3.72. The van der Waals surface area contributed by atoms with Crippen molar-refractivity contribution in [3.05, 3.63) is 6.33 Å². The maximum atomic E-state index is 9.30. The topological polar surface area (TPSA) is 93.7 Å². The highest BCUT2D eigenvalue weighted by Crippen LogP contribution is 2.29. The van der Waals surface area contributed by atoms with E-state index in [0.717, 1.165) is 0 Å². The molecule has 0 aliphatic carbocycles. The molecule has 1 aromatic rings. The van der Waals surface area contributed by atoms with Crippen molar-refractivity contribution in [3.63, 3.8) is 0 Å². The second kappa shape index (κ2) is 5.15. The molecule has 17 heavy (non-hydrogen) atoms. The van der Waals surface area contributed by atoms with E-state index in [1.807, 2.05) is 4.90 Å². The Labute approximate surface area is 99.2 Å². The number of hydrogen-bond acceptors (Lipinski definition) is 7. The highest BCUT2D eigenvalue weighted by atomic mass is 16.5. The number of aromatic nitrogens is 2. The predicted molar refractivity (Wildman–Crippen MR) is 62.0 cm³/mol. The molecule has 3 N–H and O–H groups in total. The van der Waals surface area contributed by atoms with Crippen LogP contribution in [0.3, 0.4) is 0 Å². The lowest BCUT2D eigenvalue weighted by atomic mass is 10.2. The van der Waals surface area contributed by atoms with Crippen LogP contribution in [-0.4, -0.2) is 54.6 Å². The minimum absolute atomic E-state index is 0.00818. The van der Waals surface area contributed by atoms with Gasteiger partial charge in [0, 0.05) is 6.54 Å². The minimum atomic E-state index is -0.134. The zero-order valence-corrected chi connectivity index (χ0v) is 9.67. The molecule has 1 atom stereocenters. The molecule has 0 bridgehead atoms. The van der Waals surface area contributed by atoms with Crippen LogP contribution < -0.4 is 15.4 Å². The number of nitrogen functional groups attached to an aromatic ring is 1. The Morgan fingerprint density at radius 3 is 3.18 bits per heavy atom. The first kappa shape index (κ1) is 11.9. The lowest BCUT2D eigenvalue weighted by molar-refractivity contribution is 0.0723. The van der Waals surface area contributed by atoms with Gasteiger partial charge < -0.3 is 25.2 Å². The summed E-state index contributed by atoms with van der Waals surface area (Å²) in [4.78, 5) is 10.00. The maximum absolute atomic E-state index is 9.30. The fourth-order valence-corrected chi connectivity index (χ4v) is 1.85. The van der Waals surface area contributed by atoms with Gasteiger partial charge in [0.05, 0.1) is 33.0 Å². The number of hydrogen-bond donors (Lipinski definition) is 2. The Bertz CT molecular complexity index is 388. The molecule has 0 radical (unpaired) electrons. The first-order valence-electron chi connectivity index (χ1n) is 5.37. The van der Waals surface area contributed by atoms with Gasteiger partial charge in [0.15, 0.2) is 5.82 Å². The van der Waals surface area contributed by atoms with E-state index >= 15 is 0 Å². The third-order valence-corrected chi connectivity index (χ3v) is 2.73. The third kappa shape index (κ3) is 2.25. The molecular weight excluding hydrogens is 224 g/mol. The number of anilines is 2. The summed E-state index contributed by atoms with van der Waals surface area (Å²) in [7, 11) is 1.51. The zero-order valence-electron chi connectivity index (χ0n) is 9.67. The molecule has 2 rings (SSSR count). The van der Waals surface area contributed by atoms with Gasteiger partial charge in [-0.2, -0.15) is 4.98 Å². The lowest BCUT2D eigenvalue weighted by Crippen LogP contribution is -2.48. The van der Waals surface area contributed by atoms with Crippen molar-refractivity contribution in [2.75, 3.05) is 44.1 Å². The van der Waals surface area contributed by atoms with Gasteiger partial charge in [0.1, 0.15) is 12.0 Å². The summed E-state index contributed by atoms with van der Waals surface area (Å²) >= 11 is 0. The molecule has 1 saturated heterocycles. The number of nitrogens with zero attached hydrogens (tertiary/aromatic N) is 3. The second-order valence-electron chi connectivity index (χ2n) is 3.72. The number of rotatable bonds is 3. The minimum Gasteiger partial charge on any atom is -0.479 e. The first-order chi connectivity index (χ1) is 8.27. The summed E-state index contributed by atoms with van der Waals surface area (Å²) in [6, 6.07) is -0.134. The molecule has 2 heterocycles. The molecule has 1 aliphatic heterocycles.